The molecule has 106 valence electrons. The first-order chi connectivity index (χ1) is 10.0. The third kappa shape index (κ3) is 2.48. The van der Waals surface area contributed by atoms with Crippen molar-refractivity contribution in [1.82, 2.24) is 4.98 Å². The largest absolute Gasteiger partial charge is 0.508 e. The molecule has 0 saturated carbocycles. The lowest BCUT2D eigenvalue weighted by molar-refractivity contribution is 0.475. The van der Waals surface area contributed by atoms with Crippen molar-refractivity contribution in [3.63, 3.8) is 0 Å². The van der Waals surface area contributed by atoms with Crippen LogP contribution in [-0.2, 0) is 0 Å². The summed E-state index contributed by atoms with van der Waals surface area (Å²) >= 11 is 0. The summed E-state index contributed by atoms with van der Waals surface area (Å²) in [6, 6.07) is 14.1. The van der Waals surface area contributed by atoms with Gasteiger partial charge in [0, 0.05) is 42.4 Å². The molecule has 3 aromatic rings. The van der Waals surface area contributed by atoms with Gasteiger partial charge in [0.05, 0.1) is 0 Å². The lowest BCUT2D eigenvalue weighted by atomic mass is 10.1. The summed E-state index contributed by atoms with van der Waals surface area (Å²) in [7, 11) is 3.89. The van der Waals surface area contributed by atoms with Crippen LogP contribution in [0.2, 0.25) is 0 Å². The van der Waals surface area contributed by atoms with E-state index >= 15 is 0 Å². The second kappa shape index (κ2) is 4.98. The molecule has 0 amide bonds. The molecular weight excluding hydrogens is 264 g/mol. The van der Waals surface area contributed by atoms with Gasteiger partial charge >= 0.3 is 0 Å². The number of hydrogen-bond acceptors (Lipinski definition) is 3. The molecule has 4 heteroatoms. The van der Waals surface area contributed by atoms with Crippen molar-refractivity contribution in [3.05, 3.63) is 58.8 Å². The summed E-state index contributed by atoms with van der Waals surface area (Å²) in [5, 5.41) is 10.0. The maximum Gasteiger partial charge on any atom is 0.190 e. The van der Waals surface area contributed by atoms with Crippen LogP contribution in [-0.4, -0.2) is 24.2 Å². The van der Waals surface area contributed by atoms with Crippen LogP contribution in [0.15, 0.2) is 53.3 Å². The van der Waals surface area contributed by atoms with E-state index in [9.17, 15) is 9.90 Å². The van der Waals surface area contributed by atoms with E-state index in [0.29, 0.717) is 5.39 Å². The fourth-order valence-corrected chi connectivity index (χ4v) is 2.31. The Bertz CT molecular complexity index is 849. The molecule has 0 spiro atoms. The average molecular weight is 280 g/mol. The Morgan fingerprint density at radius 1 is 1.00 bits per heavy atom. The Kier molecular flexibility index (Phi) is 3.14. The van der Waals surface area contributed by atoms with Crippen LogP contribution in [0.1, 0.15) is 0 Å². The summed E-state index contributed by atoms with van der Waals surface area (Å²) in [5.74, 6) is 0.206. The molecule has 1 heterocycles. The molecule has 1 aromatic heterocycles. The Labute approximate surface area is 122 Å². The van der Waals surface area contributed by atoms with E-state index in [-0.39, 0.29) is 11.2 Å². The molecule has 4 nitrogen and oxygen atoms in total. The summed E-state index contributed by atoms with van der Waals surface area (Å²) in [4.78, 5) is 17.6. The average Bonchev–Trinajstić information content (AvgIpc) is 2.47. The van der Waals surface area contributed by atoms with Gasteiger partial charge in [-0.25, -0.2) is 0 Å². The van der Waals surface area contributed by atoms with Crippen molar-refractivity contribution in [2.75, 3.05) is 19.0 Å². The van der Waals surface area contributed by atoms with E-state index in [1.807, 2.05) is 37.2 Å². The molecule has 0 radical (unpaired) electrons. The highest BCUT2D eigenvalue weighted by Crippen LogP contribution is 2.22. The van der Waals surface area contributed by atoms with Gasteiger partial charge in [-0.05, 0) is 48.0 Å². The molecule has 2 aromatic carbocycles. The van der Waals surface area contributed by atoms with Crippen molar-refractivity contribution in [2.24, 2.45) is 0 Å². The molecule has 0 atom stereocenters. The number of rotatable bonds is 2. The maximum absolute atomic E-state index is 12.3. The first-order valence-corrected chi connectivity index (χ1v) is 6.68. The maximum atomic E-state index is 12.3. The highest BCUT2D eigenvalue weighted by atomic mass is 16.3. The number of aromatic hydroxyl groups is 1. The van der Waals surface area contributed by atoms with Gasteiger partial charge in [0.15, 0.2) is 5.43 Å². The van der Waals surface area contributed by atoms with Crippen LogP contribution in [0.5, 0.6) is 5.75 Å². The van der Waals surface area contributed by atoms with E-state index < -0.39 is 0 Å². The SMILES string of the molecule is CN(C)c1ccc2[nH]c(-c3ccc(O)cc3)cc(=O)c2c1. The molecule has 0 fully saturated rings. The zero-order chi connectivity index (χ0) is 15.0. The third-order valence-electron chi connectivity index (χ3n) is 3.51. The number of hydrogen-bond donors (Lipinski definition) is 2. The fourth-order valence-electron chi connectivity index (χ4n) is 2.31. The lowest BCUT2D eigenvalue weighted by Crippen LogP contribution is -2.10. The van der Waals surface area contributed by atoms with E-state index in [2.05, 4.69) is 4.98 Å². The van der Waals surface area contributed by atoms with Gasteiger partial charge in [0.1, 0.15) is 5.75 Å². The van der Waals surface area contributed by atoms with Gasteiger partial charge < -0.3 is 15.0 Å². The minimum atomic E-state index is -0.0180. The third-order valence-corrected chi connectivity index (χ3v) is 3.51. The van der Waals surface area contributed by atoms with Gasteiger partial charge in [-0.1, -0.05) is 0 Å². The summed E-state index contributed by atoms with van der Waals surface area (Å²) in [5.41, 5.74) is 3.38. The second-order valence-electron chi connectivity index (χ2n) is 5.22. The Balaban J connectivity index is 2.18. The zero-order valence-electron chi connectivity index (χ0n) is 11.9. The Hall–Kier alpha value is -2.75. The van der Waals surface area contributed by atoms with Crippen molar-refractivity contribution < 1.29 is 5.11 Å². The summed E-state index contributed by atoms with van der Waals surface area (Å²) < 4.78 is 0. The van der Waals surface area contributed by atoms with Crippen molar-refractivity contribution in [3.8, 4) is 17.0 Å². The smallest absolute Gasteiger partial charge is 0.190 e. The number of phenolic OH excluding ortho intramolecular Hbond substituents is 1. The van der Waals surface area contributed by atoms with Gasteiger partial charge in [-0.15, -0.1) is 0 Å². The van der Waals surface area contributed by atoms with Crippen LogP contribution in [0.3, 0.4) is 0 Å². The zero-order valence-corrected chi connectivity index (χ0v) is 11.9. The summed E-state index contributed by atoms with van der Waals surface area (Å²) in [6.07, 6.45) is 0. The molecule has 2 N–H and O–H groups in total. The molecule has 0 bridgehead atoms. The minimum absolute atomic E-state index is 0.0180. The van der Waals surface area contributed by atoms with Gasteiger partial charge in [0.2, 0.25) is 0 Å². The lowest BCUT2D eigenvalue weighted by Gasteiger charge is -2.13. The highest BCUT2D eigenvalue weighted by molar-refractivity contribution is 5.84. The Morgan fingerprint density at radius 2 is 1.71 bits per heavy atom. The molecule has 0 unspecified atom stereocenters. The van der Waals surface area contributed by atoms with Crippen molar-refractivity contribution >= 4 is 16.6 Å². The number of phenols is 1. The van der Waals surface area contributed by atoms with Crippen LogP contribution < -0.4 is 10.3 Å². The van der Waals surface area contributed by atoms with Gasteiger partial charge in [-0.3, -0.25) is 4.79 Å². The molecular formula is C17H16N2O2. The highest BCUT2D eigenvalue weighted by Gasteiger charge is 2.06. The molecule has 0 saturated heterocycles. The number of aromatic nitrogens is 1. The van der Waals surface area contributed by atoms with Crippen LogP contribution in [0, 0.1) is 0 Å². The topological polar surface area (TPSA) is 56.3 Å². The van der Waals surface area contributed by atoms with Crippen LogP contribution in [0.25, 0.3) is 22.2 Å². The first-order valence-electron chi connectivity index (χ1n) is 6.68. The van der Waals surface area contributed by atoms with Gasteiger partial charge in [0.25, 0.3) is 0 Å². The summed E-state index contributed by atoms with van der Waals surface area (Å²) in [6.45, 7) is 0. The Morgan fingerprint density at radius 3 is 2.38 bits per heavy atom. The molecule has 0 aliphatic heterocycles. The monoisotopic (exact) mass is 280 g/mol. The van der Waals surface area contributed by atoms with E-state index in [0.717, 1.165) is 22.5 Å². The first kappa shape index (κ1) is 13.2. The van der Waals surface area contributed by atoms with Gasteiger partial charge in [-0.2, -0.15) is 0 Å². The predicted octanol–water partition coefficient (Wildman–Crippen LogP) is 2.97. The number of fused-ring (bicyclic) bond motifs is 1. The fraction of sp³-hybridized carbons (Fsp3) is 0.118. The minimum Gasteiger partial charge on any atom is -0.508 e. The number of benzene rings is 2. The number of H-pyrrole nitrogens is 1. The predicted molar refractivity (Wildman–Crippen MR) is 86.0 cm³/mol. The number of pyridine rings is 1. The molecule has 3 rings (SSSR count). The molecule has 0 aliphatic rings. The van der Waals surface area contributed by atoms with E-state index in [1.54, 1.807) is 30.3 Å². The van der Waals surface area contributed by atoms with Crippen molar-refractivity contribution in [1.29, 1.82) is 0 Å². The molecule has 21 heavy (non-hydrogen) atoms. The second-order valence-corrected chi connectivity index (χ2v) is 5.22. The number of aromatic amines is 1. The number of nitrogens with zero attached hydrogens (tertiary/aromatic N) is 1. The molecule has 0 aliphatic carbocycles. The van der Waals surface area contributed by atoms with Crippen molar-refractivity contribution in [2.45, 2.75) is 0 Å². The van der Waals surface area contributed by atoms with E-state index in [1.165, 1.54) is 0 Å². The van der Waals surface area contributed by atoms with E-state index in [4.69, 9.17) is 0 Å². The number of anilines is 1. The van der Waals surface area contributed by atoms with Crippen LogP contribution in [0.4, 0.5) is 5.69 Å². The number of nitrogens with one attached hydrogen (secondary N) is 1. The quantitative estimate of drug-likeness (QED) is 0.758. The van der Waals surface area contributed by atoms with Crippen LogP contribution >= 0.6 is 0 Å². The standard InChI is InChI=1S/C17H16N2O2/c1-19(2)12-5-8-15-14(9-12)17(21)10-16(18-15)11-3-6-13(20)7-4-11/h3-10,20H,1-2H3,(H,18,21). The normalized spacial score (nSPS) is 10.8.